The molecule has 2 rings (SSSR count). The van der Waals surface area contributed by atoms with Gasteiger partial charge in [-0.1, -0.05) is 11.6 Å². The van der Waals surface area contributed by atoms with Crippen LogP contribution in [-0.2, 0) is 0 Å². The first-order valence-corrected chi connectivity index (χ1v) is 5.91. The Morgan fingerprint density at radius 2 is 2.38 bits per heavy atom. The third-order valence-electron chi connectivity index (χ3n) is 3.12. The van der Waals surface area contributed by atoms with Gasteiger partial charge in [0.2, 0.25) is 0 Å². The van der Waals surface area contributed by atoms with Gasteiger partial charge in [-0.2, -0.15) is 0 Å². The Bertz CT molecular complexity index is 370. The second-order valence-corrected chi connectivity index (χ2v) is 4.56. The van der Waals surface area contributed by atoms with Crippen LogP contribution >= 0.6 is 11.6 Å². The van der Waals surface area contributed by atoms with Crippen molar-refractivity contribution in [1.82, 2.24) is 0 Å². The number of ether oxygens (including phenoxy) is 1. The van der Waals surface area contributed by atoms with E-state index >= 15 is 0 Å². The molecule has 0 spiro atoms. The lowest BCUT2D eigenvalue weighted by atomic mass is 10.1. The Labute approximate surface area is 101 Å². The van der Waals surface area contributed by atoms with E-state index in [1.807, 2.05) is 18.2 Å². The summed E-state index contributed by atoms with van der Waals surface area (Å²) < 4.78 is 5.22. The number of nitrogens with zero attached hydrogens (tertiary/aromatic N) is 1. The largest absolute Gasteiger partial charge is 0.495 e. The second kappa shape index (κ2) is 4.93. The van der Waals surface area contributed by atoms with Crippen LogP contribution in [0.4, 0.5) is 5.69 Å². The summed E-state index contributed by atoms with van der Waals surface area (Å²) in [5, 5.41) is 0.654. The maximum atomic E-state index is 6.00. The molecule has 16 heavy (non-hydrogen) atoms. The van der Waals surface area contributed by atoms with Gasteiger partial charge in [-0.05, 0) is 31.0 Å². The van der Waals surface area contributed by atoms with Crippen LogP contribution in [0.1, 0.15) is 6.42 Å². The quantitative estimate of drug-likeness (QED) is 0.880. The highest BCUT2D eigenvalue weighted by Gasteiger charge is 2.21. The molecule has 0 aliphatic carbocycles. The fourth-order valence-electron chi connectivity index (χ4n) is 2.10. The minimum absolute atomic E-state index is 0.613. The Kier molecular flexibility index (Phi) is 3.56. The molecule has 1 heterocycles. The van der Waals surface area contributed by atoms with Crippen molar-refractivity contribution in [3.63, 3.8) is 0 Å². The molecule has 88 valence electrons. The van der Waals surface area contributed by atoms with E-state index in [9.17, 15) is 0 Å². The number of hydrogen-bond donors (Lipinski definition) is 1. The van der Waals surface area contributed by atoms with Crippen LogP contribution in [0.3, 0.4) is 0 Å². The molecule has 1 aliphatic rings. The van der Waals surface area contributed by atoms with Gasteiger partial charge in [0.15, 0.2) is 0 Å². The topological polar surface area (TPSA) is 38.5 Å². The zero-order valence-corrected chi connectivity index (χ0v) is 10.2. The predicted octanol–water partition coefficient (Wildman–Crippen LogP) is 2.13. The van der Waals surface area contributed by atoms with Crippen molar-refractivity contribution in [2.24, 2.45) is 11.7 Å². The molecular weight excluding hydrogens is 224 g/mol. The van der Waals surface area contributed by atoms with Gasteiger partial charge in [-0.3, -0.25) is 0 Å². The van der Waals surface area contributed by atoms with Crippen LogP contribution in [0.15, 0.2) is 18.2 Å². The minimum atomic E-state index is 0.613. The first kappa shape index (κ1) is 11.6. The number of benzene rings is 1. The normalized spacial score (nSPS) is 20.2. The highest BCUT2D eigenvalue weighted by Crippen LogP contribution is 2.31. The highest BCUT2D eigenvalue weighted by atomic mass is 35.5. The van der Waals surface area contributed by atoms with E-state index in [1.54, 1.807) is 7.11 Å². The van der Waals surface area contributed by atoms with Crippen LogP contribution < -0.4 is 15.4 Å². The molecule has 1 aromatic carbocycles. The molecule has 0 saturated carbocycles. The number of nitrogens with two attached hydrogens (primary N) is 1. The molecule has 2 N–H and O–H groups in total. The van der Waals surface area contributed by atoms with Crippen molar-refractivity contribution in [2.45, 2.75) is 6.42 Å². The van der Waals surface area contributed by atoms with Crippen LogP contribution in [0.25, 0.3) is 0 Å². The van der Waals surface area contributed by atoms with Crippen molar-refractivity contribution in [2.75, 3.05) is 31.6 Å². The van der Waals surface area contributed by atoms with E-state index in [0.717, 1.165) is 31.1 Å². The van der Waals surface area contributed by atoms with E-state index in [-0.39, 0.29) is 0 Å². The van der Waals surface area contributed by atoms with Crippen molar-refractivity contribution in [3.05, 3.63) is 23.2 Å². The predicted molar refractivity (Wildman–Crippen MR) is 67.4 cm³/mol. The standard InChI is InChI=1S/C12H17ClN2O/c1-16-12-6-10(2-3-11(12)13)15-5-4-9(7-14)8-15/h2-3,6,9H,4-5,7-8,14H2,1H3. The van der Waals surface area contributed by atoms with E-state index in [0.29, 0.717) is 10.9 Å². The molecule has 1 atom stereocenters. The Morgan fingerprint density at radius 3 is 3.00 bits per heavy atom. The lowest BCUT2D eigenvalue weighted by Gasteiger charge is -2.19. The maximum absolute atomic E-state index is 6.00. The lowest BCUT2D eigenvalue weighted by Crippen LogP contribution is -2.22. The molecule has 0 aromatic heterocycles. The average molecular weight is 241 g/mol. The summed E-state index contributed by atoms with van der Waals surface area (Å²) in [5.41, 5.74) is 6.85. The zero-order valence-electron chi connectivity index (χ0n) is 9.45. The zero-order chi connectivity index (χ0) is 11.5. The first-order valence-electron chi connectivity index (χ1n) is 5.53. The fourth-order valence-corrected chi connectivity index (χ4v) is 2.30. The number of anilines is 1. The number of hydrogen-bond acceptors (Lipinski definition) is 3. The summed E-state index contributed by atoms with van der Waals surface area (Å²) in [5.74, 6) is 1.34. The number of methoxy groups -OCH3 is 1. The summed E-state index contributed by atoms with van der Waals surface area (Å²) in [6.45, 7) is 2.86. The third-order valence-corrected chi connectivity index (χ3v) is 3.43. The Morgan fingerprint density at radius 1 is 1.56 bits per heavy atom. The average Bonchev–Trinajstić information content (AvgIpc) is 2.78. The van der Waals surface area contributed by atoms with Gasteiger partial charge in [0.05, 0.1) is 12.1 Å². The van der Waals surface area contributed by atoms with Gasteiger partial charge in [0, 0.05) is 24.8 Å². The summed E-state index contributed by atoms with van der Waals surface area (Å²) >= 11 is 6.00. The molecule has 3 nitrogen and oxygen atoms in total. The monoisotopic (exact) mass is 240 g/mol. The Balaban J connectivity index is 2.15. The molecule has 0 radical (unpaired) electrons. The van der Waals surface area contributed by atoms with Gasteiger partial charge < -0.3 is 15.4 Å². The smallest absolute Gasteiger partial charge is 0.139 e. The van der Waals surface area contributed by atoms with E-state index in [4.69, 9.17) is 22.1 Å². The van der Waals surface area contributed by atoms with Crippen LogP contribution in [0, 0.1) is 5.92 Å². The van der Waals surface area contributed by atoms with Crippen LogP contribution in [-0.4, -0.2) is 26.7 Å². The summed E-state index contributed by atoms with van der Waals surface area (Å²) in [6.07, 6.45) is 1.17. The highest BCUT2D eigenvalue weighted by molar-refractivity contribution is 6.32. The van der Waals surface area contributed by atoms with Gasteiger partial charge in [-0.15, -0.1) is 0 Å². The van der Waals surface area contributed by atoms with Gasteiger partial charge in [0.25, 0.3) is 0 Å². The lowest BCUT2D eigenvalue weighted by molar-refractivity contribution is 0.415. The van der Waals surface area contributed by atoms with Gasteiger partial charge in [0.1, 0.15) is 5.75 Å². The molecule has 1 unspecified atom stereocenters. The SMILES string of the molecule is COc1cc(N2CCC(CN)C2)ccc1Cl. The maximum Gasteiger partial charge on any atom is 0.139 e. The molecule has 1 saturated heterocycles. The summed E-state index contributed by atoms with van der Waals surface area (Å²) in [4.78, 5) is 2.33. The van der Waals surface area contributed by atoms with E-state index in [1.165, 1.54) is 6.42 Å². The van der Waals surface area contributed by atoms with E-state index in [2.05, 4.69) is 4.90 Å². The van der Waals surface area contributed by atoms with Crippen LogP contribution in [0.5, 0.6) is 5.75 Å². The van der Waals surface area contributed by atoms with Crippen LogP contribution in [0.2, 0.25) is 5.02 Å². The van der Waals surface area contributed by atoms with Crippen molar-refractivity contribution < 1.29 is 4.74 Å². The molecule has 4 heteroatoms. The first-order chi connectivity index (χ1) is 7.74. The van der Waals surface area contributed by atoms with E-state index < -0.39 is 0 Å². The summed E-state index contributed by atoms with van der Waals surface area (Å²) in [6, 6.07) is 5.90. The molecule has 0 bridgehead atoms. The molecule has 0 amide bonds. The third kappa shape index (κ3) is 2.25. The number of halogens is 1. The minimum Gasteiger partial charge on any atom is -0.495 e. The molecular formula is C12H17ClN2O. The van der Waals surface area contributed by atoms with Gasteiger partial charge in [-0.25, -0.2) is 0 Å². The fraction of sp³-hybridized carbons (Fsp3) is 0.500. The molecule has 1 fully saturated rings. The molecule has 1 aliphatic heterocycles. The summed E-state index contributed by atoms with van der Waals surface area (Å²) in [7, 11) is 1.64. The van der Waals surface area contributed by atoms with Crippen molar-refractivity contribution >= 4 is 17.3 Å². The Hall–Kier alpha value is -0.930. The number of rotatable bonds is 3. The molecule has 1 aromatic rings. The second-order valence-electron chi connectivity index (χ2n) is 4.16. The van der Waals surface area contributed by atoms with Crippen molar-refractivity contribution in [3.8, 4) is 5.75 Å². The van der Waals surface area contributed by atoms with Crippen molar-refractivity contribution in [1.29, 1.82) is 0 Å². The van der Waals surface area contributed by atoms with Gasteiger partial charge >= 0.3 is 0 Å².